The van der Waals surface area contributed by atoms with Crippen LogP contribution in [0.2, 0.25) is 0 Å². The first-order chi connectivity index (χ1) is 12.9. The van der Waals surface area contributed by atoms with Crippen LogP contribution in [0.4, 0.5) is 11.4 Å². The standard InChI is InChI=1S/C17H12N4O5S/c1-2-9-19-14-10-13(21(25)26)7-8-15(14)27-17(19)18-16(22)11-3-5-12(6-4-11)20(23)24/h2-8,10H,1,9H2. The van der Waals surface area contributed by atoms with Gasteiger partial charge in [-0.1, -0.05) is 17.4 Å². The number of nitro groups is 2. The van der Waals surface area contributed by atoms with Gasteiger partial charge in [0.25, 0.3) is 17.3 Å². The quantitative estimate of drug-likeness (QED) is 0.379. The predicted octanol–water partition coefficient (Wildman–Crippen LogP) is 3.45. The molecule has 1 amide bonds. The van der Waals surface area contributed by atoms with Crippen LogP contribution in [0.15, 0.2) is 60.1 Å². The second-order valence-electron chi connectivity index (χ2n) is 5.41. The minimum absolute atomic E-state index is 0.0636. The fourth-order valence-electron chi connectivity index (χ4n) is 2.44. The fourth-order valence-corrected chi connectivity index (χ4v) is 3.46. The SMILES string of the molecule is C=CCn1c(=NC(=O)c2ccc([N+](=O)[O-])cc2)sc2ccc([N+](=O)[O-])cc21. The zero-order valence-electron chi connectivity index (χ0n) is 13.8. The Bertz CT molecular complexity index is 1140. The largest absolute Gasteiger partial charge is 0.312 e. The van der Waals surface area contributed by atoms with Gasteiger partial charge in [-0.2, -0.15) is 4.99 Å². The third-order valence-corrected chi connectivity index (χ3v) is 4.77. The minimum Gasteiger partial charge on any atom is -0.312 e. The molecule has 3 rings (SSSR count). The van der Waals surface area contributed by atoms with Crippen molar-refractivity contribution in [3.63, 3.8) is 0 Å². The van der Waals surface area contributed by atoms with E-state index in [2.05, 4.69) is 11.6 Å². The molecule has 1 aromatic heterocycles. The molecule has 0 saturated heterocycles. The molecule has 0 atom stereocenters. The first-order valence-corrected chi connectivity index (χ1v) is 8.44. The second-order valence-corrected chi connectivity index (χ2v) is 6.42. The van der Waals surface area contributed by atoms with Gasteiger partial charge in [0, 0.05) is 36.4 Å². The number of carbonyl (C=O) groups excluding carboxylic acids is 1. The Morgan fingerprint density at radius 1 is 1.11 bits per heavy atom. The van der Waals surface area contributed by atoms with Gasteiger partial charge in [-0.25, -0.2) is 0 Å². The van der Waals surface area contributed by atoms with Crippen LogP contribution in [0.1, 0.15) is 10.4 Å². The molecule has 0 fully saturated rings. The van der Waals surface area contributed by atoms with E-state index in [0.29, 0.717) is 16.9 Å². The van der Waals surface area contributed by atoms with E-state index in [0.717, 1.165) is 4.70 Å². The molecule has 0 radical (unpaired) electrons. The molecule has 3 aromatic rings. The molecule has 0 spiro atoms. The summed E-state index contributed by atoms with van der Waals surface area (Å²) in [7, 11) is 0. The molecule has 9 nitrogen and oxygen atoms in total. The molecule has 27 heavy (non-hydrogen) atoms. The van der Waals surface area contributed by atoms with Crippen LogP contribution < -0.4 is 4.80 Å². The molecule has 136 valence electrons. The summed E-state index contributed by atoms with van der Waals surface area (Å²) >= 11 is 1.21. The van der Waals surface area contributed by atoms with E-state index in [-0.39, 0.29) is 16.9 Å². The van der Waals surface area contributed by atoms with Gasteiger partial charge < -0.3 is 4.57 Å². The van der Waals surface area contributed by atoms with Gasteiger partial charge >= 0.3 is 0 Å². The van der Waals surface area contributed by atoms with E-state index in [1.807, 2.05) is 0 Å². The molecule has 0 N–H and O–H groups in total. The third-order valence-electron chi connectivity index (χ3n) is 3.71. The van der Waals surface area contributed by atoms with Crippen molar-refractivity contribution in [1.82, 2.24) is 4.57 Å². The van der Waals surface area contributed by atoms with Crippen molar-refractivity contribution in [1.29, 1.82) is 0 Å². The highest BCUT2D eigenvalue weighted by molar-refractivity contribution is 7.16. The van der Waals surface area contributed by atoms with Crippen molar-refractivity contribution in [2.45, 2.75) is 6.54 Å². The van der Waals surface area contributed by atoms with Gasteiger partial charge in [0.15, 0.2) is 4.80 Å². The summed E-state index contributed by atoms with van der Waals surface area (Å²) in [4.78, 5) is 37.5. The maximum atomic E-state index is 12.4. The van der Waals surface area contributed by atoms with E-state index < -0.39 is 15.8 Å². The van der Waals surface area contributed by atoms with Crippen LogP contribution in [0.3, 0.4) is 0 Å². The van der Waals surface area contributed by atoms with Crippen LogP contribution in [0.25, 0.3) is 10.2 Å². The van der Waals surface area contributed by atoms with Gasteiger partial charge in [0.1, 0.15) is 0 Å². The van der Waals surface area contributed by atoms with E-state index in [1.54, 1.807) is 16.7 Å². The van der Waals surface area contributed by atoms with E-state index in [4.69, 9.17) is 0 Å². The van der Waals surface area contributed by atoms with Crippen molar-refractivity contribution in [2.75, 3.05) is 0 Å². The number of aromatic nitrogens is 1. The number of non-ortho nitro benzene ring substituents is 2. The van der Waals surface area contributed by atoms with Crippen molar-refractivity contribution >= 4 is 38.8 Å². The lowest BCUT2D eigenvalue weighted by molar-refractivity contribution is -0.385. The van der Waals surface area contributed by atoms with Gasteiger partial charge in [0.2, 0.25) is 0 Å². The summed E-state index contributed by atoms with van der Waals surface area (Å²) in [5, 5.41) is 21.7. The number of nitro benzene ring substituents is 2. The van der Waals surface area contributed by atoms with Crippen LogP contribution in [-0.4, -0.2) is 20.3 Å². The predicted molar refractivity (Wildman–Crippen MR) is 99.7 cm³/mol. The molecule has 0 saturated carbocycles. The zero-order chi connectivity index (χ0) is 19.6. The van der Waals surface area contributed by atoms with E-state index in [1.165, 1.54) is 47.7 Å². The Morgan fingerprint density at radius 2 is 1.74 bits per heavy atom. The van der Waals surface area contributed by atoms with Crippen molar-refractivity contribution in [3.05, 3.63) is 85.7 Å². The van der Waals surface area contributed by atoms with Crippen LogP contribution >= 0.6 is 11.3 Å². The smallest absolute Gasteiger partial charge is 0.279 e. The fraction of sp³-hybridized carbons (Fsp3) is 0.0588. The van der Waals surface area contributed by atoms with Crippen molar-refractivity contribution in [2.24, 2.45) is 4.99 Å². The van der Waals surface area contributed by atoms with Crippen LogP contribution in [0.5, 0.6) is 0 Å². The highest BCUT2D eigenvalue weighted by Gasteiger charge is 2.13. The normalized spacial score (nSPS) is 11.5. The number of rotatable bonds is 5. The summed E-state index contributed by atoms with van der Waals surface area (Å²) < 4.78 is 2.39. The molecule has 0 aliphatic heterocycles. The van der Waals surface area contributed by atoms with Crippen molar-refractivity contribution in [3.8, 4) is 0 Å². The zero-order valence-corrected chi connectivity index (χ0v) is 14.6. The lowest BCUT2D eigenvalue weighted by atomic mass is 10.2. The molecular formula is C17H12N4O5S. The number of fused-ring (bicyclic) bond motifs is 1. The van der Waals surface area contributed by atoms with Crippen LogP contribution in [0, 0.1) is 20.2 Å². The molecule has 0 bridgehead atoms. The molecule has 0 unspecified atom stereocenters. The lowest BCUT2D eigenvalue weighted by Gasteiger charge is -2.01. The Balaban J connectivity index is 2.09. The van der Waals surface area contributed by atoms with Gasteiger partial charge in [-0.3, -0.25) is 25.0 Å². The van der Waals surface area contributed by atoms with Gasteiger partial charge in [-0.15, -0.1) is 6.58 Å². The van der Waals surface area contributed by atoms with Gasteiger partial charge in [0.05, 0.1) is 20.1 Å². The lowest BCUT2D eigenvalue weighted by Crippen LogP contribution is -2.16. The summed E-state index contributed by atoms with van der Waals surface area (Å²) in [6, 6.07) is 9.54. The highest BCUT2D eigenvalue weighted by Crippen LogP contribution is 2.23. The molecule has 10 heteroatoms. The number of hydrogen-bond acceptors (Lipinski definition) is 6. The van der Waals surface area contributed by atoms with E-state index in [9.17, 15) is 25.0 Å². The Hall–Kier alpha value is -3.66. The average molecular weight is 384 g/mol. The Labute approximate surface area is 155 Å². The molecule has 2 aromatic carbocycles. The molecule has 0 aliphatic carbocycles. The summed E-state index contributed by atoms with van der Waals surface area (Å²) in [6.45, 7) is 3.98. The summed E-state index contributed by atoms with van der Waals surface area (Å²) in [6.07, 6.45) is 1.60. The minimum atomic E-state index is -0.566. The number of nitrogens with zero attached hydrogens (tertiary/aromatic N) is 4. The number of hydrogen-bond donors (Lipinski definition) is 0. The Kier molecular flexibility index (Phi) is 4.90. The number of benzene rings is 2. The maximum Gasteiger partial charge on any atom is 0.279 e. The van der Waals surface area contributed by atoms with Crippen molar-refractivity contribution < 1.29 is 14.6 Å². The first-order valence-electron chi connectivity index (χ1n) is 7.63. The molecule has 1 heterocycles. The molecular weight excluding hydrogens is 372 g/mol. The number of carbonyl (C=O) groups is 1. The molecule has 0 aliphatic rings. The highest BCUT2D eigenvalue weighted by atomic mass is 32.1. The van der Waals surface area contributed by atoms with Crippen LogP contribution in [-0.2, 0) is 6.54 Å². The van der Waals surface area contributed by atoms with Gasteiger partial charge in [-0.05, 0) is 18.2 Å². The summed E-state index contributed by atoms with van der Waals surface area (Å²) in [5.74, 6) is -0.566. The summed E-state index contributed by atoms with van der Waals surface area (Å²) in [5.41, 5.74) is 0.590. The topological polar surface area (TPSA) is 121 Å². The average Bonchev–Trinajstić information content (AvgIpc) is 2.98. The number of thiazole rings is 1. The van der Waals surface area contributed by atoms with E-state index >= 15 is 0 Å². The first kappa shape index (κ1) is 18.1. The number of allylic oxidation sites excluding steroid dienone is 1. The third kappa shape index (κ3) is 3.65. The second kappa shape index (κ2) is 7.30. The Morgan fingerprint density at radius 3 is 2.33 bits per heavy atom. The monoisotopic (exact) mass is 384 g/mol. The number of amides is 1. The maximum absolute atomic E-state index is 12.4.